The molecule has 0 aromatic heterocycles. The molecular weight excluding hydrogens is 302 g/mol. The number of carboxylic acids is 1. The molecule has 120 valence electrons. The molecule has 2 heterocycles. The molecule has 3 rings (SSSR count). The molecule has 2 N–H and O–H groups in total. The minimum Gasteiger partial charge on any atom is -0.481 e. The van der Waals surface area contributed by atoms with Gasteiger partial charge < -0.3 is 19.9 Å². The number of esters is 1. The van der Waals surface area contributed by atoms with Gasteiger partial charge in [-0.05, 0) is 12.1 Å². The Balaban J connectivity index is 1.84. The molecule has 23 heavy (non-hydrogen) atoms. The summed E-state index contributed by atoms with van der Waals surface area (Å²) in [6, 6.07) is 6.39. The average molecular weight is 317 g/mol. The molecule has 4 atom stereocenters. The zero-order valence-electron chi connectivity index (χ0n) is 12.3. The number of hydrogen-bond donors (Lipinski definition) is 2. The van der Waals surface area contributed by atoms with Gasteiger partial charge in [0, 0.05) is 0 Å². The number of aliphatic carboxylic acids is 1. The van der Waals surface area contributed by atoms with Gasteiger partial charge in [-0.25, -0.2) is 4.79 Å². The number of hydrogen-bond acceptors (Lipinski definition) is 5. The van der Waals surface area contributed by atoms with E-state index in [1.165, 1.54) is 13.2 Å². The first-order chi connectivity index (χ1) is 11.0. The molecule has 1 saturated heterocycles. The monoisotopic (exact) mass is 317 g/mol. The fraction of sp³-hybridized carbons (Fsp3) is 0.312. The molecule has 1 aromatic carbocycles. The van der Waals surface area contributed by atoms with Gasteiger partial charge in [0.1, 0.15) is 5.92 Å². The molecule has 2 aliphatic heterocycles. The van der Waals surface area contributed by atoms with Gasteiger partial charge in [0.25, 0.3) is 0 Å². The van der Waals surface area contributed by atoms with Gasteiger partial charge in [0.05, 0.1) is 36.5 Å². The molecule has 1 fully saturated rings. The van der Waals surface area contributed by atoms with E-state index < -0.39 is 41.9 Å². The van der Waals surface area contributed by atoms with Crippen molar-refractivity contribution in [2.45, 2.75) is 12.2 Å². The fourth-order valence-corrected chi connectivity index (χ4v) is 3.01. The lowest BCUT2D eigenvalue weighted by Crippen LogP contribution is -2.39. The Morgan fingerprint density at radius 3 is 2.43 bits per heavy atom. The highest BCUT2D eigenvalue weighted by Gasteiger charge is 2.53. The Morgan fingerprint density at radius 2 is 1.78 bits per heavy atom. The number of fused-ring (bicyclic) bond motifs is 2. The van der Waals surface area contributed by atoms with Crippen LogP contribution in [0.15, 0.2) is 36.4 Å². The summed E-state index contributed by atoms with van der Waals surface area (Å²) in [5.74, 6) is -3.93. The van der Waals surface area contributed by atoms with Gasteiger partial charge in [0.15, 0.2) is 0 Å². The van der Waals surface area contributed by atoms with E-state index in [0.29, 0.717) is 0 Å². The molecule has 0 aliphatic carbocycles. The second kappa shape index (κ2) is 5.85. The summed E-state index contributed by atoms with van der Waals surface area (Å²) in [5, 5.41) is 12.0. The maximum absolute atomic E-state index is 12.5. The van der Waals surface area contributed by atoms with Crippen molar-refractivity contribution in [1.29, 1.82) is 0 Å². The predicted molar refractivity (Wildman–Crippen MR) is 78.8 cm³/mol. The molecule has 0 saturated carbocycles. The Kier molecular flexibility index (Phi) is 3.87. The zero-order valence-corrected chi connectivity index (χ0v) is 12.3. The molecule has 0 unspecified atom stereocenters. The van der Waals surface area contributed by atoms with Crippen molar-refractivity contribution in [3.05, 3.63) is 42.0 Å². The van der Waals surface area contributed by atoms with Gasteiger partial charge in [-0.2, -0.15) is 0 Å². The summed E-state index contributed by atoms with van der Waals surface area (Å²) >= 11 is 0. The van der Waals surface area contributed by atoms with Crippen LogP contribution in [-0.4, -0.2) is 42.3 Å². The van der Waals surface area contributed by atoms with Crippen LogP contribution in [0.25, 0.3) is 0 Å². The Bertz CT molecular complexity index is 698. The van der Waals surface area contributed by atoms with E-state index in [4.69, 9.17) is 4.74 Å². The maximum atomic E-state index is 12.5. The van der Waals surface area contributed by atoms with Crippen LogP contribution < -0.4 is 5.32 Å². The van der Waals surface area contributed by atoms with E-state index in [1.54, 1.807) is 30.4 Å². The number of carboxylic acid groups (broad SMARTS) is 1. The maximum Gasteiger partial charge on any atom is 0.339 e. The quantitative estimate of drug-likeness (QED) is 0.636. The number of benzene rings is 1. The number of ether oxygens (including phenoxy) is 2. The summed E-state index contributed by atoms with van der Waals surface area (Å²) in [6.45, 7) is 0. The van der Waals surface area contributed by atoms with Crippen molar-refractivity contribution in [3.8, 4) is 0 Å². The Labute approximate surface area is 131 Å². The van der Waals surface area contributed by atoms with Crippen molar-refractivity contribution in [3.63, 3.8) is 0 Å². The minimum atomic E-state index is -1.08. The fourth-order valence-electron chi connectivity index (χ4n) is 3.01. The first-order valence-electron chi connectivity index (χ1n) is 7.07. The van der Waals surface area contributed by atoms with Crippen molar-refractivity contribution >= 4 is 23.5 Å². The molecule has 7 heteroatoms. The van der Waals surface area contributed by atoms with Crippen LogP contribution >= 0.6 is 0 Å². The lowest BCUT2D eigenvalue weighted by Gasteiger charge is -2.21. The van der Waals surface area contributed by atoms with Crippen LogP contribution in [-0.2, 0) is 19.1 Å². The smallest absolute Gasteiger partial charge is 0.339 e. The molecular formula is C16H15NO6. The molecule has 2 aliphatic rings. The van der Waals surface area contributed by atoms with Gasteiger partial charge in [-0.3, -0.25) is 9.59 Å². The third-order valence-corrected chi connectivity index (χ3v) is 4.08. The number of amides is 1. The number of carbonyl (C=O) groups excluding carboxylic acids is 2. The van der Waals surface area contributed by atoms with E-state index in [1.807, 2.05) is 0 Å². The van der Waals surface area contributed by atoms with Gasteiger partial charge in [-0.15, -0.1) is 0 Å². The lowest BCUT2D eigenvalue weighted by molar-refractivity contribution is -0.145. The van der Waals surface area contributed by atoms with Crippen LogP contribution in [0.5, 0.6) is 0 Å². The third kappa shape index (κ3) is 2.59. The molecule has 0 radical (unpaired) electrons. The summed E-state index contributed by atoms with van der Waals surface area (Å²) in [5.41, 5.74) is 0.482. The van der Waals surface area contributed by atoms with Crippen LogP contribution in [0.2, 0.25) is 0 Å². The Morgan fingerprint density at radius 1 is 1.13 bits per heavy atom. The van der Waals surface area contributed by atoms with E-state index >= 15 is 0 Å². The van der Waals surface area contributed by atoms with Crippen molar-refractivity contribution in [2.75, 3.05) is 12.4 Å². The van der Waals surface area contributed by atoms with E-state index in [9.17, 15) is 19.5 Å². The minimum absolute atomic E-state index is 0.204. The highest BCUT2D eigenvalue weighted by atomic mass is 16.5. The molecule has 1 aromatic rings. The van der Waals surface area contributed by atoms with Crippen LogP contribution in [0.4, 0.5) is 5.69 Å². The molecule has 7 nitrogen and oxygen atoms in total. The highest BCUT2D eigenvalue weighted by molar-refractivity contribution is 6.03. The third-order valence-electron chi connectivity index (χ3n) is 4.08. The van der Waals surface area contributed by atoms with Crippen molar-refractivity contribution in [2.24, 2.45) is 11.8 Å². The number of carbonyl (C=O) groups is 3. The topological polar surface area (TPSA) is 102 Å². The number of methoxy groups -OCH3 is 1. The van der Waals surface area contributed by atoms with Crippen LogP contribution in [0.3, 0.4) is 0 Å². The average Bonchev–Trinajstić information content (AvgIpc) is 3.15. The van der Waals surface area contributed by atoms with Crippen LogP contribution in [0, 0.1) is 11.8 Å². The lowest BCUT2D eigenvalue weighted by atomic mass is 9.82. The largest absolute Gasteiger partial charge is 0.481 e. The summed E-state index contributed by atoms with van der Waals surface area (Å²) in [6.07, 6.45) is 2.20. The number of rotatable bonds is 4. The normalized spacial score (nSPS) is 27.7. The van der Waals surface area contributed by atoms with Gasteiger partial charge in [0.2, 0.25) is 5.91 Å². The number of anilines is 1. The molecule has 0 spiro atoms. The molecule has 2 bridgehead atoms. The second-order valence-electron chi connectivity index (χ2n) is 5.37. The van der Waals surface area contributed by atoms with Crippen LogP contribution in [0.1, 0.15) is 10.4 Å². The standard InChI is InChI=1S/C16H15NO6/c1-22-16(21)8-4-2-3-5-9(8)17-14(18)12-10-6-7-11(23-10)13(12)15(19)20/h2-7,10-13H,1H3,(H,17,18)(H,19,20)/t10-,11-,12+,13+/m1/s1. The zero-order chi connectivity index (χ0) is 16.6. The SMILES string of the molecule is COC(=O)c1ccccc1NC(=O)[C@@H]1[C@@H](C(=O)O)[C@H]2C=C[C@H]1O2. The summed E-state index contributed by atoms with van der Waals surface area (Å²) in [4.78, 5) is 35.7. The second-order valence-corrected chi connectivity index (χ2v) is 5.37. The van der Waals surface area contributed by atoms with E-state index in [-0.39, 0.29) is 11.3 Å². The van der Waals surface area contributed by atoms with E-state index in [2.05, 4.69) is 10.1 Å². The highest BCUT2D eigenvalue weighted by Crippen LogP contribution is 2.40. The molecule has 1 amide bonds. The van der Waals surface area contributed by atoms with Gasteiger partial charge >= 0.3 is 11.9 Å². The Hall–Kier alpha value is -2.67. The number of para-hydroxylation sites is 1. The van der Waals surface area contributed by atoms with Gasteiger partial charge in [-0.1, -0.05) is 24.3 Å². The summed E-state index contributed by atoms with van der Waals surface area (Å²) < 4.78 is 10.1. The van der Waals surface area contributed by atoms with Crippen molar-refractivity contribution < 1.29 is 29.0 Å². The van der Waals surface area contributed by atoms with E-state index in [0.717, 1.165) is 0 Å². The van der Waals surface area contributed by atoms with Crippen molar-refractivity contribution in [1.82, 2.24) is 0 Å². The first-order valence-corrected chi connectivity index (χ1v) is 7.07. The first kappa shape index (κ1) is 15.2. The predicted octanol–water partition coefficient (Wildman–Crippen LogP) is 1.07. The number of nitrogens with one attached hydrogen (secondary N) is 1. The summed E-state index contributed by atoms with van der Waals surface area (Å²) in [7, 11) is 1.25.